The molecule has 0 unspecified atom stereocenters. The van der Waals surface area contributed by atoms with Gasteiger partial charge in [-0.1, -0.05) is 0 Å². The van der Waals surface area contributed by atoms with Gasteiger partial charge in [-0.05, 0) is 5.16 Å². The first-order valence-electron chi connectivity index (χ1n) is 1.79. The zero-order valence-corrected chi connectivity index (χ0v) is 3.84. The van der Waals surface area contributed by atoms with E-state index >= 15 is 0 Å². The molecule has 0 spiro atoms. The van der Waals surface area contributed by atoms with Crippen molar-refractivity contribution in [2.24, 2.45) is 0 Å². The second kappa shape index (κ2) is 1.64. The van der Waals surface area contributed by atoms with Crippen LogP contribution in [0.1, 0.15) is 0 Å². The van der Waals surface area contributed by atoms with Crippen molar-refractivity contribution in [1.82, 2.24) is 5.16 Å². The van der Waals surface area contributed by atoms with Crippen LogP contribution in [0.2, 0.25) is 0 Å². The summed E-state index contributed by atoms with van der Waals surface area (Å²) in [6.45, 7) is 0. The Morgan fingerprint density at radius 3 is 3.14 bits per heavy atom. The van der Waals surface area contributed by atoms with Crippen molar-refractivity contribution in [3.8, 4) is 5.88 Å². The second-order valence-corrected chi connectivity index (χ2v) is 0.968. The summed E-state index contributed by atoms with van der Waals surface area (Å²) in [7, 11) is 1.51. The highest BCUT2D eigenvalue weighted by Crippen LogP contribution is 1.99. The quantitative estimate of drug-likeness (QED) is 0.512. The van der Waals surface area contributed by atoms with Gasteiger partial charge in [-0.15, -0.1) is 0 Å². The first kappa shape index (κ1) is 4.18. The van der Waals surface area contributed by atoms with Gasteiger partial charge in [-0.2, -0.15) is 0 Å². The van der Waals surface area contributed by atoms with Crippen LogP contribution in [0.4, 0.5) is 0 Å². The highest BCUT2D eigenvalue weighted by molar-refractivity contribution is 4.98. The Hall–Kier alpha value is -0.990. The zero-order chi connectivity index (χ0) is 5.11. The monoisotopic (exact) mass is 98.0 g/mol. The van der Waals surface area contributed by atoms with E-state index in [1.165, 1.54) is 13.4 Å². The number of ether oxygens (including phenoxy) is 1. The number of hydrogen-bond donors (Lipinski definition) is 0. The van der Waals surface area contributed by atoms with Crippen LogP contribution in [-0.2, 0) is 0 Å². The summed E-state index contributed by atoms with van der Waals surface area (Å²) in [6.07, 6.45) is 1.33. The fraction of sp³-hybridized carbons (Fsp3) is 0.250. The Balaban J connectivity index is 2.76. The van der Waals surface area contributed by atoms with Crippen molar-refractivity contribution >= 4 is 0 Å². The summed E-state index contributed by atoms with van der Waals surface area (Å²) in [5.41, 5.74) is 0. The van der Waals surface area contributed by atoms with Gasteiger partial charge >= 0.3 is 0 Å². The predicted molar refractivity (Wildman–Crippen MR) is 21.9 cm³/mol. The second-order valence-electron chi connectivity index (χ2n) is 0.968. The van der Waals surface area contributed by atoms with Gasteiger partial charge in [-0.25, -0.2) is 0 Å². The number of rotatable bonds is 1. The average Bonchev–Trinajstić information content (AvgIpc) is 2.14. The Kier molecular flexibility index (Phi) is 0.978. The minimum atomic E-state index is 0.389. The van der Waals surface area contributed by atoms with Gasteiger partial charge in [-0.3, -0.25) is 0 Å². The average molecular weight is 98.1 g/mol. The third-order valence-electron chi connectivity index (χ3n) is 0.564. The molecule has 1 aromatic rings. The van der Waals surface area contributed by atoms with Crippen molar-refractivity contribution in [3.05, 3.63) is 12.3 Å². The molecule has 1 rings (SSSR count). The number of nitrogens with zero attached hydrogens (tertiary/aromatic N) is 1. The van der Waals surface area contributed by atoms with Crippen LogP contribution in [-0.4, -0.2) is 12.3 Å². The van der Waals surface area contributed by atoms with Gasteiger partial charge < -0.3 is 9.26 Å². The maximum absolute atomic E-state index is 4.59. The Morgan fingerprint density at radius 1 is 2.00 bits per heavy atom. The molecule has 0 amide bonds. The van der Waals surface area contributed by atoms with Crippen LogP contribution in [0.25, 0.3) is 0 Å². The van der Waals surface area contributed by atoms with Crippen LogP contribution in [0, 0.1) is 6.07 Å². The van der Waals surface area contributed by atoms with Gasteiger partial charge in [0.25, 0.3) is 5.88 Å². The molecule has 37 valence electrons. The van der Waals surface area contributed by atoms with E-state index in [1.54, 1.807) is 0 Å². The highest BCUT2D eigenvalue weighted by atomic mass is 16.5. The van der Waals surface area contributed by atoms with Crippen molar-refractivity contribution < 1.29 is 9.26 Å². The highest BCUT2D eigenvalue weighted by Gasteiger charge is 1.88. The van der Waals surface area contributed by atoms with E-state index < -0.39 is 0 Å². The van der Waals surface area contributed by atoms with Crippen LogP contribution >= 0.6 is 0 Å². The first-order valence-corrected chi connectivity index (χ1v) is 1.79. The normalized spacial score (nSPS) is 8.71. The number of methoxy groups -OCH3 is 1. The largest absolute Gasteiger partial charge is 0.478 e. The first-order chi connectivity index (χ1) is 3.43. The SMILES string of the molecule is COc1[c]con1. The van der Waals surface area contributed by atoms with E-state index in [2.05, 4.69) is 20.5 Å². The van der Waals surface area contributed by atoms with Gasteiger partial charge in [0.2, 0.25) is 0 Å². The fourth-order valence-electron chi connectivity index (χ4n) is 0.274. The Labute approximate surface area is 40.9 Å². The molecular weight excluding hydrogens is 94.0 g/mol. The summed E-state index contributed by atoms with van der Waals surface area (Å²) in [5, 5.41) is 3.38. The smallest absolute Gasteiger partial charge is 0.262 e. The van der Waals surface area contributed by atoms with Crippen molar-refractivity contribution in [1.29, 1.82) is 0 Å². The maximum Gasteiger partial charge on any atom is 0.262 e. The van der Waals surface area contributed by atoms with Crippen molar-refractivity contribution in [2.75, 3.05) is 7.11 Å². The Morgan fingerprint density at radius 2 is 2.86 bits per heavy atom. The lowest BCUT2D eigenvalue weighted by molar-refractivity contribution is 0.338. The molecule has 1 radical (unpaired) electrons. The van der Waals surface area contributed by atoms with E-state index in [0.29, 0.717) is 5.88 Å². The molecule has 0 N–H and O–H groups in total. The zero-order valence-electron chi connectivity index (χ0n) is 3.84. The molecule has 0 aromatic carbocycles. The Bertz CT molecular complexity index is 124. The molecule has 0 fully saturated rings. The summed E-state index contributed by atoms with van der Waals surface area (Å²) >= 11 is 0. The molecule has 3 nitrogen and oxygen atoms in total. The van der Waals surface area contributed by atoms with Gasteiger partial charge in [0.15, 0.2) is 0 Å². The topological polar surface area (TPSA) is 35.3 Å². The van der Waals surface area contributed by atoms with Crippen LogP contribution in [0.5, 0.6) is 5.88 Å². The number of aromatic nitrogens is 1. The number of hydrogen-bond acceptors (Lipinski definition) is 3. The summed E-state index contributed by atoms with van der Waals surface area (Å²) < 4.78 is 8.97. The standard InChI is InChI=1S/C4H4NO2/c1-6-4-2-3-7-5-4/h3H,1H3. The maximum atomic E-state index is 4.59. The fourth-order valence-corrected chi connectivity index (χ4v) is 0.274. The lowest BCUT2D eigenvalue weighted by Crippen LogP contribution is -1.78. The van der Waals surface area contributed by atoms with E-state index in [1.807, 2.05) is 0 Å². The predicted octanol–water partition coefficient (Wildman–Crippen LogP) is 0.483. The van der Waals surface area contributed by atoms with Crippen LogP contribution in [0.15, 0.2) is 10.8 Å². The van der Waals surface area contributed by atoms with Crippen molar-refractivity contribution in [3.63, 3.8) is 0 Å². The van der Waals surface area contributed by atoms with Gasteiger partial charge in [0, 0.05) is 0 Å². The molecule has 0 aliphatic heterocycles. The molecule has 7 heavy (non-hydrogen) atoms. The molecule has 1 aromatic heterocycles. The van der Waals surface area contributed by atoms with E-state index in [0.717, 1.165) is 0 Å². The molecule has 0 aliphatic rings. The van der Waals surface area contributed by atoms with E-state index in [4.69, 9.17) is 0 Å². The van der Waals surface area contributed by atoms with Crippen LogP contribution < -0.4 is 4.74 Å². The molecular formula is C4H4NO2. The third-order valence-corrected chi connectivity index (χ3v) is 0.564. The lowest BCUT2D eigenvalue weighted by Gasteiger charge is -1.82. The molecule has 0 aliphatic carbocycles. The minimum Gasteiger partial charge on any atom is -0.478 e. The van der Waals surface area contributed by atoms with Crippen molar-refractivity contribution in [2.45, 2.75) is 0 Å². The van der Waals surface area contributed by atoms with Gasteiger partial charge in [0.1, 0.15) is 6.26 Å². The summed E-state index contributed by atoms with van der Waals surface area (Å²) in [6, 6.07) is 2.59. The summed E-state index contributed by atoms with van der Waals surface area (Å²) in [4.78, 5) is 0. The van der Waals surface area contributed by atoms with Crippen LogP contribution in [0.3, 0.4) is 0 Å². The molecule has 1 heterocycles. The molecule has 0 bridgehead atoms. The molecule has 3 heteroatoms. The van der Waals surface area contributed by atoms with Gasteiger partial charge in [0.05, 0.1) is 13.2 Å². The third kappa shape index (κ3) is 0.707. The molecule has 0 saturated carbocycles. The molecule has 0 atom stereocenters. The minimum absolute atomic E-state index is 0.389. The lowest BCUT2D eigenvalue weighted by atomic mass is 10.7. The summed E-state index contributed by atoms with van der Waals surface area (Å²) in [5.74, 6) is 0.389. The van der Waals surface area contributed by atoms with E-state index in [9.17, 15) is 0 Å². The molecule has 0 saturated heterocycles. The van der Waals surface area contributed by atoms with E-state index in [-0.39, 0.29) is 0 Å².